The summed E-state index contributed by atoms with van der Waals surface area (Å²) in [6, 6.07) is 3.96. The lowest BCUT2D eigenvalue weighted by atomic mass is 10.3. The third-order valence-corrected chi connectivity index (χ3v) is 1.35. The molecule has 11 heavy (non-hydrogen) atoms. The van der Waals surface area contributed by atoms with Gasteiger partial charge in [0.25, 0.3) is 0 Å². The van der Waals surface area contributed by atoms with Crippen LogP contribution in [0.2, 0.25) is 5.02 Å². The van der Waals surface area contributed by atoms with Crippen molar-refractivity contribution in [1.82, 2.24) is 0 Å². The first kappa shape index (κ1) is 7.83. The van der Waals surface area contributed by atoms with Crippen molar-refractivity contribution in [1.29, 1.82) is 5.26 Å². The zero-order chi connectivity index (χ0) is 8.27. The highest BCUT2D eigenvalue weighted by molar-refractivity contribution is 6.30. The molecule has 4 heteroatoms. The number of nitrogens with zero attached hydrogens (tertiary/aromatic N) is 1. The second kappa shape index (κ2) is 3.22. The molecule has 1 rings (SSSR count). The minimum Gasteiger partial charge on any atom is -0.290 e. The zero-order valence-corrected chi connectivity index (χ0v) is 6.19. The summed E-state index contributed by atoms with van der Waals surface area (Å²) in [4.78, 5) is 0. The quantitative estimate of drug-likeness (QED) is 0.519. The van der Waals surface area contributed by atoms with E-state index in [1.54, 1.807) is 6.19 Å². The van der Waals surface area contributed by atoms with E-state index in [-0.39, 0.29) is 5.69 Å². The smallest absolute Gasteiger partial charge is 0.181 e. The van der Waals surface area contributed by atoms with Crippen molar-refractivity contribution >= 4 is 17.3 Å². The maximum Gasteiger partial charge on any atom is 0.181 e. The SMILES string of the molecule is N#CNc1cc(Cl)ccc1F. The van der Waals surface area contributed by atoms with Crippen LogP contribution in [0.15, 0.2) is 18.2 Å². The van der Waals surface area contributed by atoms with Crippen LogP contribution in [-0.2, 0) is 0 Å². The maximum absolute atomic E-state index is 12.7. The van der Waals surface area contributed by atoms with E-state index in [0.29, 0.717) is 5.02 Å². The van der Waals surface area contributed by atoms with Crippen LogP contribution in [0.1, 0.15) is 0 Å². The van der Waals surface area contributed by atoms with Gasteiger partial charge in [-0.15, -0.1) is 0 Å². The molecular formula is C7H4ClFN2. The summed E-state index contributed by atoms with van der Waals surface area (Å²) in [6.45, 7) is 0. The highest BCUT2D eigenvalue weighted by Crippen LogP contribution is 2.18. The van der Waals surface area contributed by atoms with Crippen LogP contribution in [0.4, 0.5) is 10.1 Å². The Labute approximate surface area is 68.2 Å². The van der Waals surface area contributed by atoms with Crippen LogP contribution in [0.25, 0.3) is 0 Å². The van der Waals surface area contributed by atoms with Gasteiger partial charge >= 0.3 is 0 Å². The molecular weight excluding hydrogens is 167 g/mol. The molecule has 0 aliphatic carbocycles. The normalized spacial score (nSPS) is 8.82. The Morgan fingerprint density at radius 2 is 2.27 bits per heavy atom. The molecule has 0 aromatic heterocycles. The van der Waals surface area contributed by atoms with Crippen molar-refractivity contribution in [2.45, 2.75) is 0 Å². The topological polar surface area (TPSA) is 35.8 Å². The molecule has 0 fully saturated rings. The molecule has 1 N–H and O–H groups in total. The molecule has 0 saturated heterocycles. The molecule has 0 radical (unpaired) electrons. The van der Waals surface area contributed by atoms with E-state index < -0.39 is 5.82 Å². The largest absolute Gasteiger partial charge is 0.290 e. The van der Waals surface area contributed by atoms with E-state index in [4.69, 9.17) is 16.9 Å². The average molecular weight is 171 g/mol. The van der Waals surface area contributed by atoms with Gasteiger partial charge in [0.1, 0.15) is 5.82 Å². The predicted octanol–water partition coefficient (Wildman–Crippen LogP) is 2.37. The van der Waals surface area contributed by atoms with E-state index in [0.717, 1.165) is 0 Å². The summed E-state index contributed by atoms with van der Waals surface area (Å²) >= 11 is 5.54. The Hall–Kier alpha value is -1.27. The lowest BCUT2D eigenvalue weighted by Gasteiger charge is -1.98. The van der Waals surface area contributed by atoms with Crippen molar-refractivity contribution < 1.29 is 4.39 Å². The number of halogens is 2. The highest BCUT2D eigenvalue weighted by atomic mass is 35.5. The molecule has 56 valence electrons. The fourth-order valence-corrected chi connectivity index (χ4v) is 0.826. The Kier molecular flexibility index (Phi) is 2.29. The Balaban J connectivity index is 3.05. The van der Waals surface area contributed by atoms with E-state index in [1.807, 2.05) is 0 Å². The van der Waals surface area contributed by atoms with E-state index in [2.05, 4.69) is 5.32 Å². The molecule has 0 unspecified atom stereocenters. The van der Waals surface area contributed by atoms with Gasteiger partial charge in [-0.1, -0.05) is 11.6 Å². The van der Waals surface area contributed by atoms with Crippen LogP contribution in [-0.4, -0.2) is 0 Å². The third-order valence-electron chi connectivity index (χ3n) is 1.12. The lowest BCUT2D eigenvalue weighted by Crippen LogP contribution is -1.90. The van der Waals surface area contributed by atoms with Crippen LogP contribution in [0, 0.1) is 17.3 Å². The molecule has 0 atom stereocenters. The summed E-state index contributed by atoms with van der Waals surface area (Å²) in [5.41, 5.74) is 0.0972. The first-order valence-corrected chi connectivity index (χ1v) is 3.22. The molecule has 0 aliphatic rings. The fourth-order valence-electron chi connectivity index (χ4n) is 0.654. The summed E-state index contributed by atoms with van der Waals surface area (Å²) in [6.07, 6.45) is 1.60. The average Bonchev–Trinajstić information content (AvgIpc) is 1.98. The minimum atomic E-state index is -0.490. The van der Waals surface area contributed by atoms with Gasteiger partial charge < -0.3 is 0 Å². The molecule has 0 spiro atoms. The first-order chi connectivity index (χ1) is 5.24. The van der Waals surface area contributed by atoms with Crippen molar-refractivity contribution in [3.05, 3.63) is 29.0 Å². The summed E-state index contributed by atoms with van der Waals surface area (Å²) in [5, 5.41) is 10.7. The lowest BCUT2D eigenvalue weighted by molar-refractivity contribution is 0.632. The number of benzene rings is 1. The second-order valence-corrected chi connectivity index (χ2v) is 2.30. The predicted molar refractivity (Wildman–Crippen MR) is 40.6 cm³/mol. The second-order valence-electron chi connectivity index (χ2n) is 1.86. The van der Waals surface area contributed by atoms with E-state index in [1.165, 1.54) is 18.2 Å². The molecule has 0 heterocycles. The van der Waals surface area contributed by atoms with Gasteiger partial charge in [-0.05, 0) is 18.2 Å². The molecule has 0 amide bonds. The monoisotopic (exact) mass is 170 g/mol. The molecule has 1 aromatic rings. The van der Waals surface area contributed by atoms with Gasteiger partial charge in [0, 0.05) is 5.02 Å². The number of nitrogens with one attached hydrogen (secondary N) is 1. The fraction of sp³-hybridized carbons (Fsp3) is 0. The summed E-state index contributed by atoms with van der Waals surface area (Å²) < 4.78 is 12.7. The Morgan fingerprint density at radius 1 is 1.55 bits per heavy atom. The van der Waals surface area contributed by atoms with Crippen LogP contribution in [0.5, 0.6) is 0 Å². The maximum atomic E-state index is 12.7. The summed E-state index contributed by atoms with van der Waals surface area (Å²) in [7, 11) is 0. The molecule has 0 bridgehead atoms. The van der Waals surface area contributed by atoms with Gasteiger partial charge in [-0.2, -0.15) is 5.26 Å². The molecule has 0 saturated carbocycles. The van der Waals surface area contributed by atoms with E-state index >= 15 is 0 Å². The standard InChI is InChI=1S/C7H4ClFN2/c8-5-1-2-6(9)7(3-5)11-4-10/h1-3,11H. The highest BCUT2D eigenvalue weighted by Gasteiger charge is 2.00. The number of nitriles is 1. The van der Waals surface area contributed by atoms with Crippen LogP contribution < -0.4 is 5.32 Å². The number of rotatable bonds is 1. The van der Waals surface area contributed by atoms with E-state index in [9.17, 15) is 4.39 Å². The van der Waals surface area contributed by atoms with Crippen LogP contribution >= 0.6 is 11.6 Å². The molecule has 0 aliphatic heterocycles. The Bertz CT molecular complexity index is 306. The number of hydrogen-bond acceptors (Lipinski definition) is 2. The van der Waals surface area contributed by atoms with Crippen molar-refractivity contribution in [3.8, 4) is 6.19 Å². The molecule has 1 aromatic carbocycles. The van der Waals surface area contributed by atoms with Crippen molar-refractivity contribution in [2.24, 2.45) is 0 Å². The van der Waals surface area contributed by atoms with Crippen LogP contribution in [0.3, 0.4) is 0 Å². The summed E-state index contributed by atoms with van der Waals surface area (Å²) in [5.74, 6) is -0.490. The van der Waals surface area contributed by atoms with Gasteiger partial charge in [0.15, 0.2) is 6.19 Å². The molecule has 2 nitrogen and oxygen atoms in total. The van der Waals surface area contributed by atoms with Gasteiger partial charge in [-0.3, -0.25) is 5.32 Å². The number of hydrogen-bond donors (Lipinski definition) is 1. The Morgan fingerprint density at radius 3 is 2.91 bits per heavy atom. The first-order valence-electron chi connectivity index (χ1n) is 2.84. The minimum absolute atomic E-state index is 0.0972. The van der Waals surface area contributed by atoms with Gasteiger partial charge in [0.2, 0.25) is 0 Å². The third kappa shape index (κ3) is 1.82. The van der Waals surface area contributed by atoms with Crippen molar-refractivity contribution in [3.63, 3.8) is 0 Å². The number of anilines is 1. The van der Waals surface area contributed by atoms with Gasteiger partial charge in [0.05, 0.1) is 5.69 Å². The van der Waals surface area contributed by atoms with Crippen molar-refractivity contribution in [2.75, 3.05) is 5.32 Å². The van der Waals surface area contributed by atoms with Gasteiger partial charge in [-0.25, -0.2) is 4.39 Å². The zero-order valence-electron chi connectivity index (χ0n) is 5.44.